The molecular weight excluding hydrogens is 254 g/mol. The van der Waals surface area contributed by atoms with Gasteiger partial charge in [-0.25, -0.2) is 0 Å². The van der Waals surface area contributed by atoms with Crippen LogP contribution in [-0.4, -0.2) is 5.78 Å². The van der Waals surface area contributed by atoms with E-state index in [1.165, 1.54) is 6.07 Å². The van der Waals surface area contributed by atoms with Crippen molar-refractivity contribution >= 4 is 21.7 Å². The molecule has 0 fully saturated rings. The Balaban J connectivity index is 3.26. The van der Waals surface area contributed by atoms with E-state index in [4.69, 9.17) is 0 Å². The zero-order chi connectivity index (χ0) is 10.9. The molecule has 4 heteroatoms. The van der Waals surface area contributed by atoms with Crippen LogP contribution in [0, 0.1) is 6.92 Å². The third-order valence-corrected chi connectivity index (χ3v) is 2.56. The van der Waals surface area contributed by atoms with Crippen LogP contribution in [0.2, 0.25) is 0 Å². The second-order valence-corrected chi connectivity index (χ2v) is 3.97. The van der Waals surface area contributed by atoms with Crippen LogP contribution in [0.5, 0.6) is 0 Å². The van der Waals surface area contributed by atoms with Gasteiger partial charge in [0.25, 0.3) is 0 Å². The fourth-order valence-electron chi connectivity index (χ4n) is 1.06. The van der Waals surface area contributed by atoms with E-state index in [1.807, 2.05) is 0 Å². The highest BCUT2D eigenvalue weighted by molar-refractivity contribution is 9.10. The van der Waals surface area contributed by atoms with Gasteiger partial charge in [0.2, 0.25) is 5.78 Å². The highest BCUT2D eigenvalue weighted by atomic mass is 79.9. The number of hydrogen-bond donors (Lipinski definition) is 0. The van der Waals surface area contributed by atoms with Crippen molar-refractivity contribution in [1.82, 2.24) is 0 Å². The maximum atomic E-state index is 13.3. The second kappa shape index (κ2) is 3.77. The number of carbonyl (C=O) groups excluding carboxylic acids is 1. The van der Waals surface area contributed by atoms with Gasteiger partial charge in [-0.05, 0) is 18.6 Å². The molecule has 0 aliphatic heterocycles. The number of rotatable bonds is 2. The molecular formula is C10H9BrF2O. The van der Waals surface area contributed by atoms with E-state index in [9.17, 15) is 13.6 Å². The van der Waals surface area contributed by atoms with Gasteiger partial charge in [-0.2, -0.15) is 8.78 Å². The maximum Gasteiger partial charge on any atom is 0.331 e. The first-order chi connectivity index (χ1) is 6.35. The highest BCUT2D eigenvalue weighted by Gasteiger charge is 2.38. The van der Waals surface area contributed by atoms with E-state index in [1.54, 1.807) is 19.1 Å². The lowest BCUT2D eigenvalue weighted by Crippen LogP contribution is -2.23. The normalized spacial score (nSPS) is 11.5. The molecule has 76 valence electrons. The summed E-state index contributed by atoms with van der Waals surface area (Å²) in [5.74, 6) is -4.56. The number of ketones is 1. The van der Waals surface area contributed by atoms with Crippen molar-refractivity contribution in [1.29, 1.82) is 0 Å². The van der Waals surface area contributed by atoms with Crippen molar-refractivity contribution in [3.05, 3.63) is 33.8 Å². The first-order valence-corrected chi connectivity index (χ1v) is 4.80. The predicted molar refractivity (Wildman–Crippen MR) is 53.5 cm³/mol. The van der Waals surface area contributed by atoms with Crippen molar-refractivity contribution < 1.29 is 13.6 Å². The molecule has 0 aromatic heterocycles. The molecule has 0 unspecified atom stereocenters. The molecule has 0 N–H and O–H groups in total. The molecule has 1 nitrogen and oxygen atoms in total. The topological polar surface area (TPSA) is 17.1 Å². The Labute approximate surface area is 89.3 Å². The van der Waals surface area contributed by atoms with Gasteiger partial charge in [-0.1, -0.05) is 28.1 Å². The summed E-state index contributed by atoms with van der Waals surface area (Å²) < 4.78 is 26.8. The molecule has 0 spiro atoms. The second-order valence-electron chi connectivity index (χ2n) is 3.11. The molecule has 14 heavy (non-hydrogen) atoms. The summed E-state index contributed by atoms with van der Waals surface area (Å²) in [7, 11) is 0. The number of carbonyl (C=O) groups is 1. The van der Waals surface area contributed by atoms with Crippen LogP contribution in [0.15, 0.2) is 22.7 Å². The van der Waals surface area contributed by atoms with E-state index >= 15 is 0 Å². The van der Waals surface area contributed by atoms with Crippen molar-refractivity contribution in [3.8, 4) is 0 Å². The van der Waals surface area contributed by atoms with Gasteiger partial charge in [0.05, 0.1) is 0 Å². The number of benzene rings is 1. The lowest BCUT2D eigenvalue weighted by atomic mass is 10.0. The van der Waals surface area contributed by atoms with Crippen LogP contribution in [0.25, 0.3) is 0 Å². The van der Waals surface area contributed by atoms with Gasteiger partial charge in [-0.3, -0.25) is 4.79 Å². The standard InChI is InChI=1S/C10H9BrF2O/c1-6-3-4-8(9(11)5-6)10(12,13)7(2)14/h3-5H,1-2H3. The Morgan fingerprint density at radius 2 is 2.00 bits per heavy atom. The van der Waals surface area contributed by atoms with Gasteiger partial charge in [0.15, 0.2) is 0 Å². The summed E-state index contributed by atoms with van der Waals surface area (Å²) in [6, 6.07) is 4.38. The molecule has 0 atom stereocenters. The van der Waals surface area contributed by atoms with Crippen molar-refractivity contribution in [3.63, 3.8) is 0 Å². The maximum absolute atomic E-state index is 13.3. The van der Waals surface area contributed by atoms with Gasteiger partial charge in [-0.15, -0.1) is 0 Å². The number of alkyl halides is 2. The van der Waals surface area contributed by atoms with Gasteiger partial charge < -0.3 is 0 Å². The summed E-state index contributed by atoms with van der Waals surface area (Å²) in [5.41, 5.74) is 0.579. The Hall–Kier alpha value is -0.770. The minimum Gasteiger partial charge on any atom is -0.293 e. The first-order valence-electron chi connectivity index (χ1n) is 4.01. The summed E-state index contributed by atoms with van der Waals surface area (Å²) in [6.07, 6.45) is 0. The monoisotopic (exact) mass is 262 g/mol. The molecule has 0 heterocycles. The van der Waals surface area contributed by atoms with Gasteiger partial charge >= 0.3 is 5.92 Å². The smallest absolute Gasteiger partial charge is 0.293 e. The average molecular weight is 263 g/mol. The van der Waals surface area contributed by atoms with Crippen LogP contribution in [-0.2, 0) is 10.7 Å². The van der Waals surface area contributed by atoms with E-state index in [-0.39, 0.29) is 10.0 Å². The van der Waals surface area contributed by atoms with Gasteiger partial charge in [0.1, 0.15) is 0 Å². The number of halogens is 3. The molecule has 0 saturated carbocycles. The van der Waals surface area contributed by atoms with Crippen LogP contribution in [0.3, 0.4) is 0 Å². The largest absolute Gasteiger partial charge is 0.331 e. The zero-order valence-corrected chi connectivity index (χ0v) is 9.36. The molecule has 0 aliphatic rings. The Kier molecular flexibility index (Phi) is 3.04. The van der Waals surface area contributed by atoms with Gasteiger partial charge in [0, 0.05) is 17.0 Å². The van der Waals surface area contributed by atoms with E-state index in [0.717, 1.165) is 12.5 Å². The fraction of sp³-hybridized carbons (Fsp3) is 0.300. The molecule has 1 aromatic rings. The fourth-order valence-corrected chi connectivity index (χ4v) is 1.81. The van der Waals surface area contributed by atoms with E-state index in [2.05, 4.69) is 15.9 Å². The molecule has 0 radical (unpaired) electrons. The number of Topliss-reactive ketones (excluding diaryl/α,β-unsaturated/α-hetero) is 1. The summed E-state index contributed by atoms with van der Waals surface area (Å²) in [5, 5.41) is 0. The van der Waals surface area contributed by atoms with Crippen LogP contribution in [0.1, 0.15) is 18.1 Å². The van der Waals surface area contributed by atoms with Crippen LogP contribution in [0.4, 0.5) is 8.78 Å². The van der Waals surface area contributed by atoms with Crippen molar-refractivity contribution in [2.75, 3.05) is 0 Å². The third-order valence-electron chi connectivity index (χ3n) is 1.91. The Bertz CT molecular complexity index is 374. The molecule has 1 rings (SSSR count). The van der Waals surface area contributed by atoms with Crippen LogP contribution < -0.4 is 0 Å². The quantitative estimate of drug-likeness (QED) is 0.798. The SMILES string of the molecule is CC(=O)C(F)(F)c1ccc(C)cc1Br. The molecule has 0 saturated heterocycles. The molecule has 0 aliphatic carbocycles. The van der Waals surface area contributed by atoms with E-state index < -0.39 is 11.7 Å². The number of aryl methyl sites for hydroxylation is 1. The summed E-state index contributed by atoms with van der Waals surface area (Å²) in [6.45, 7) is 2.67. The first kappa shape index (κ1) is 11.3. The Morgan fingerprint density at radius 1 is 1.43 bits per heavy atom. The van der Waals surface area contributed by atoms with Crippen molar-refractivity contribution in [2.45, 2.75) is 19.8 Å². The predicted octanol–water partition coefficient (Wildman–Crippen LogP) is 3.44. The molecule has 0 bridgehead atoms. The van der Waals surface area contributed by atoms with Crippen molar-refractivity contribution in [2.24, 2.45) is 0 Å². The summed E-state index contributed by atoms with van der Waals surface area (Å²) in [4.78, 5) is 10.7. The summed E-state index contributed by atoms with van der Waals surface area (Å²) >= 11 is 3.02. The third kappa shape index (κ3) is 2.00. The minimum atomic E-state index is -3.41. The Morgan fingerprint density at radius 3 is 2.43 bits per heavy atom. The lowest BCUT2D eigenvalue weighted by molar-refractivity contribution is -0.142. The molecule has 1 aromatic carbocycles. The van der Waals surface area contributed by atoms with Crippen LogP contribution >= 0.6 is 15.9 Å². The molecule has 0 amide bonds. The minimum absolute atomic E-state index is 0.262. The highest BCUT2D eigenvalue weighted by Crippen LogP contribution is 2.34. The lowest BCUT2D eigenvalue weighted by Gasteiger charge is -2.14. The average Bonchev–Trinajstić information content (AvgIpc) is 2.02. The van der Waals surface area contributed by atoms with E-state index in [0.29, 0.717) is 0 Å². The zero-order valence-electron chi connectivity index (χ0n) is 7.77. The number of hydrogen-bond acceptors (Lipinski definition) is 1.